The van der Waals surface area contributed by atoms with Crippen molar-refractivity contribution in [2.24, 2.45) is 0 Å². The van der Waals surface area contributed by atoms with Crippen LogP contribution in [0, 0.1) is 0 Å². The Morgan fingerprint density at radius 2 is 0.833 bits per heavy atom. The molecule has 6 nitrogen and oxygen atoms in total. The second-order valence-electron chi connectivity index (χ2n) is 4.76. The Bertz CT molecular complexity index is 451. The lowest BCUT2D eigenvalue weighted by Crippen LogP contribution is -2.57. The molecule has 14 heteroatoms. The van der Waals surface area contributed by atoms with Gasteiger partial charge in [-0.05, 0) is 28.2 Å². The van der Waals surface area contributed by atoms with E-state index in [1.165, 1.54) is 0 Å². The topological polar surface area (TPSA) is 59.1 Å². The second-order valence-corrected chi connectivity index (χ2v) is 4.76. The molecule has 0 aliphatic carbocycles. The van der Waals surface area contributed by atoms with E-state index in [2.05, 4.69) is 9.78 Å². The minimum atomic E-state index is -5.63. The Hall–Kier alpha value is -1.70. The van der Waals surface area contributed by atoms with Crippen LogP contribution < -0.4 is 0 Å². The number of rotatable bonds is 6. The largest absolute Gasteiger partial charge is 0.432 e. The summed E-state index contributed by atoms with van der Waals surface area (Å²) in [5.74, 6) is -17.7. The van der Waals surface area contributed by atoms with Gasteiger partial charge in [-0.2, -0.15) is 35.1 Å². The van der Waals surface area contributed by atoms with E-state index in [9.17, 15) is 44.7 Å². The van der Waals surface area contributed by atoms with Gasteiger partial charge < -0.3 is 0 Å². The standard InChI is InChI=1S/C10H12F8N2O4/c1-19(2)9(15,16)7(11,12)5(21)23-24-6(22)8(13,14)10(17,18)20(3)4/h1-4H3. The van der Waals surface area contributed by atoms with E-state index < -0.39 is 45.7 Å². The monoisotopic (exact) mass is 376 g/mol. The number of hydrogen-bond donors (Lipinski definition) is 0. The van der Waals surface area contributed by atoms with Gasteiger partial charge in [-0.1, -0.05) is 0 Å². The van der Waals surface area contributed by atoms with Crippen LogP contribution in [-0.4, -0.2) is 73.9 Å². The highest BCUT2D eigenvalue weighted by Gasteiger charge is 2.68. The van der Waals surface area contributed by atoms with Gasteiger partial charge in [0, 0.05) is 0 Å². The van der Waals surface area contributed by atoms with Gasteiger partial charge in [0.2, 0.25) is 0 Å². The van der Waals surface area contributed by atoms with Crippen molar-refractivity contribution in [2.75, 3.05) is 28.2 Å². The zero-order chi connectivity index (χ0) is 19.7. The summed E-state index contributed by atoms with van der Waals surface area (Å²) in [4.78, 5) is 26.6. The summed E-state index contributed by atoms with van der Waals surface area (Å²) in [6, 6.07) is -10.3. The molecule has 24 heavy (non-hydrogen) atoms. The molecular weight excluding hydrogens is 364 g/mol. The van der Waals surface area contributed by atoms with Crippen molar-refractivity contribution in [1.29, 1.82) is 0 Å². The molecule has 0 aromatic rings. The minimum Gasteiger partial charge on any atom is -0.245 e. The Balaban J connectivity index is 5.16. The predicted octanol–water partition coefficient (Wildman–Crippen LogP) is 1.57. The Kier molecular flexibility index (Phi) is 6.19. The molecule has 0 aromatic heterocycles. The number of alkyl halides is 8. The highest BCUT2D eigenvalue weighted by molar-refractivity contribution is 5.82. The molecular formula is C10H12F8N2O4. The van der Waals surface area contributed by atoms with Crippen LogP contribution in [0.4, 0.5) is 35.1 Å². The van der Waals surface area contributed by atoms with E-state index in [-0.39, 0.29) is 0 Å². The molecule has 0 aliphatic heterocycles. The van der Waals surface area contributed by atoms with Gasteiger partial charge in [0.15, 0.2) is 0 Å². The zero-order valence-electron chi connectivity index (χ0n) is 12.6. The lowest BCUT2D eigenvalue weighted by Gasteiger charge is -2.30. The van der Waals surface area contributed by atoms with Crippen LogP contribution in [0.1, 0.15) is 0 Å². The predicted molar refractivity (Wildman–Crippen MR) is 59.3 cm³/mol. The third-order valence-electron chi connectivity index (χ3n) is 2.58. The van der Waals surface area contributed by atoms with Crippen LogP contribution in [0.3, 0.4) is 0 Å². The van der Waals surface area contributed by atoms with Gasteiger partial charge in [-0.3, -0.25) is 0 Å². The van der Waals surface area contributed by atoms with Crippen molar-refractivity contribution < 1.29 is 54.5 Å². The van der Waals surface area contributed by atoms with Gasteiger partial charge >= 0.3 is 35.9 Å². The molecule has 0 spiro atoms. The molecule has 0 N–H and O–H groups in total. The van der Waals surface area contributed by atoms with E-state index in [0.717, 1.165) is 0 Å². The van der Waals surface area contributed by atoms with Crippen molar-refractivity contribution in [1.82, 2.24) is 9.80 Å². The van der Waals surface area contributed by atoms with Crippen LogP contribution in [0.2, 0.25) is 0 Å². The summed E-state index contributed by atoms with van der Waals surface area (Å²) >= 11 is 0. The van der Waals surface area contributed by atoms with E-state index in [1.807, 2.05) is 0 Å². The number of carbonyl (C=O) groups excluding carboxylic acids is 2. The van der Waals surface area contributed by atoms with Gasteiger partial charge in [-0.25, -0.2) is 29.2 Å². The third-order valence-corrected chi connectivity index (χ3v) is 2.58. The van der Waals surface area contributed by atoms with Crippen molar-refractivity contribution in [2.45, 2.75) is 23.9 Å². The summed E-state index contributed by atoms with van der Waals surface area (Å²) in [7, 11) is 1.77. The van der Waals surface area contributed by atoms with E-state index >= 15 is 0 Å². The van der Waals surface area contributed by atoms with Gasteiger partial charge in [-0.15, -0.1) is 0 Å². The molecule has 0 rings (SSSR count). The molecule has 0 unspecified atom stereocenters. The van der Waals surface area contributed by atoms with Crippen LogP contribution in [0.5, 0.6) is 0 Å². The van der Waals surface area contributed by atoms with Crippen molar-refractivity contribution in [3.63, 3.8) is 0 Å². The van der Waals surface area contributed by atoms with Gasteiger partial charge in [0.05, 0.1) is 0 Å². The average molecular weight is 376 g/mol. The number of hydrogen-bond acceptors (Lipinski definition) is 6. The Morgan fingerprint density at radius 3 is 1.00 bits per heavy atom. The fraction of sp³-hybridized carbons (Fsp3) is 0.800. The fourth-order valence-electron chi connectivity index (χ4n) is 0.988. The first-order valence-corrected chi connectivity index (χ1v) is 5.73. The molecule has 142 valence electrons. The highest BCUT2D eigenvalue weighted by Crippen LogP contribution is 2.38. The van der Waals surface area contributed by atoms with Gasteiger partial charge in [0.25, 0.3) is 0 Å². The summed E-state index contributed by atoms with van der Waals surface area (Å²) in [5.41, 5.74) is 0. The molecule has 0 saturated heterocycles. The van der Waals surface area contributed by atoms with E-state index in [4.69, 9.17) is 0 Å². The lowest BCUT2D eigenvalue weighted by molar-refractivity contribution is -0.332. The average Bonchev–Trinajstić information content (AvgIpc) is 2.42. The summed E-state index contributed by atoms with van der Waals surface area (Å²) in [6.45, 7) is 0. The van der Waals surface area contributed by atoms with Crippen LogP contribution in [-0.2, 0) is 19.4 Å². The summed E-state index contributed by atoms with van der Waals surface area (Å²) in [5, 5.41) is 0. The van der Waals surface area contributed by atoms with Crippen molar-refractivity contribution in [3.8, 4) is 0 Å². The molecule has 0 aliphatic rings. The van der Waals surface area contributed by atoms with Crippen LogP contribution in [0.25, 0.3) is 0 Å². The fourth-order valence-corrected chi connectivity index (χ4v) is 0.988. The zero-order valence-corrected chi connectivity index (χ0v) is 12.6. The summed E-state index contributed by atoms with van der Waals surface area (Å²) < 4.78 is 105. The van der Waals surface area contributed by atoms with Crippen LogP contribution in [0.15, 0.2) is 0 Å². The molecule has 0 fully saturated rings. The number of carbonyl (C=O) groups is 2. The SMILES string of the molecule is CN(C)C(F)(F)C(F)(F)C(=O)OOC(=O)C(F)(F)C(F)(F)N(C)C. The minimum absolute atomic E-state index is 0.412. The third kappa shape index (κ3) is 3.68. The van der Waals surface area contributed by atoms with Crippen molar-refractivity contribution >= 4 is 11.9 Å². The molecule has 0 bridgehead atoms. The van der Waals surface area contributed by atoms with E-state index in [0.29, 0.717) is 28.2 Å². The molecule has 0 atom stereocenters. The van der Waals surface area contributed by atoms with E-state index in [1.54, 1.807) is 0 Å². The smallest absolute Gasteiger partial charge is 0.245 e. The molecule has 0 aromatic carbocycles. The Morgan fingerprint density at radius 1 is 0.625 bits per heavy atom. The Labute approximate surface area is 129 Å². The van der Waals surface area contributed by atoms with Crippen molar-refractivity contribution in [3.05, 3.63) is 0 Å². The first-order valence-electron chi connectivity index (χ1n) is 5.73. The molecule has 0 radical (unpaired) electrons. The first-order chi connectivity index (χ1) is 10.4. The maximum atomic E-state index is 13.2. The maximum Gasteiger partial charge on any atom is 0.432 e. The van der Waals surface area contributed by atoms with Gasteiger partial charge in [0.1, 0.15) is 0 Å². The molecule has 0 amide bonds. The maximum absolute atomic E-state index is 13.2. The van der Waals surface area contributed by atoms with Crippen LogP contribution >= 0.6 is 0 Å². The quantitative estimate of drug-likeness (QED) is 0.304. The summed E-state index contributed by atoms with van der Waals surface area (Å²) in [6.07, 6.45) is 0. The highest BCUT2D eigenvalue weighted by atomic mass is 19.3. The molecule has 0 saturated carbocycles. The first kappa shape index (κ1) is 22.3. The normalized spacial score (nSPS) is 14.1. The number of halogens is 8. The molecule has 0 heterocycles. The number of nitrogens with zero attached hydrogens (tertiary/aromatic N) is 2. The second kappa shape index (κ2) is 6.66. The lowest BCUT2D eigenvalue weighted by atomic mass is 10.2.